The molecule has 1 heterocycles. The van der Waals surface area contributed by atoms with Gasteiger partial charge in [0.25, 0.3) is 0 Å². The molecule has 24 heavy (non-hydrogen) atoms. The van der Waals surface area contributed by atoms with E-state index in [1.807, 2.05) is 24.3 Å². The van der Waals surface area contributed by atoms with Gasteiger partial charge in [-0.25, -0.2) is 0 Å². The standard InChI is InChI=1S/C18H24N2O3.ClH/c1-23-16(21)7-4-13-2-5-14(6-3-13)20-17(22)15-12-18(15)8-10-19-11-9-18;/h2-3,5-6,15,19H,4,7-12H2,1H3,(H,20,22);1H. The second-order valence-corrected chi connectivity index (χ2v) is 6.63. The minimum atomic E-state index is -0.205. The first-order valence-electron chi connectivity index (χ1n) is 8.30. The van der Waals surface area contributed by atoms with E-state index in [-0.39, 0.29) is 35.6 Å². The third kappa shape index (κ3) is 4.28. The molecule has 2 N–H and O–H groups in total. The van der Waals surface area contributed by atoms with Crippen LogP contribution in [0.4, 0.5) is 5.69 Å². The Kier molecular flexibility index (Phi) is 6.24. The maximum atomic E-state index is 12.4. The number of ether oxygens (including phenoxy) is 1. The van der Waals surface area contributed by atoms with E-state index in [1.165, 1.54) is 7.11 Å². The van der Waals surface area contributed by atoms with Gasteiger partial charge in [0.1, 0.15) is 0 Å². The van der Waals surface area contributed by atoms with Crippen LogP contribution in [0.5, 0.6) is 0 Å². The molecule has 0 bridgehead atoms. The number of carbonyl (C=O) groups is 2. The Bertz CT molecular complexity index is 582. The predicted octanol–water partition coefficient (Wildman–Crippen LogP) is 2.54. The molecule has 1 aromatic carbocycles. The lowest BCUT2D eigenvalue weighted by molar-refractivity contribution is -0.140. The number of esters is 1. The number of amides is 1. The molecule has 3 rings (SSSR count). The number of aryl methyl sites for hydroxylation is 1. The maximum Gasteiger partial charge on any atom is 0.305 e. The molecule has 0 radical (unpaired) electrons. The van der Waals surface area contributed by atoms with Crippen LogP contribution in [0.3, 0.4) is 0 Å². The Balaban J connectivity index is 0.00000208. The van der Waals surface area contributed by atoms with Gasteiger partial charge in [-0.05, 0) is 61.9 Å². The normalized spacial score (nSPS) is 20.8. The third-order valence-electron chi connectivity index (χ3n) is 5.17. The summed E-state index contributed by atoms with van der Waals surface area (Å²) in [7, 11) is 1.40. The van der Waals surface area contributed by atoms with Gasteiger partial charge in [-0.15, -0.1) is 12.4 Å². The van der Waals surface area contributed by atoms with E-state index in [1.54, 1.807) is 0 Å². The van der Waals surface area contributed by atoms with Crippen LogP contribution < -0.4 is 10.6 Å². The van der Waals surface area contributed by atoms with Crippen molar-refractivity contribution in [2.75, 3.05) is 25.5 Å². The lowest BCUT2D eigenvalue weighted by atomic mass is 9.92. The van der Waals surface area contributed by atoms with Crippen molar-refractivity contribution in [3.05, 3.63) is 29.8 Å². The smallest absolute Gasteiger partial charge is 0.305 e. The van der Waals surface area contributed by atoms with Gasteiger partial charge in [0.05, 0.1) is 7.11 Å². The molecule has 2 fully saturated rings. The highest BCUT2D eigenvalue weighted by Gasteiger charge is 2.57. The minimum absolute atomic E-state index is 0. The van der Waals surface area contributed by atoms with Crippen molar-refractivity contribution < 1.29 is 14.3 Å². The maximum absolute atomic E-state index is 12.4. The summed E-state index contributed by atoms with van der Waals surface area (Å²) in [6.07, 6.45) is 4.27. The molecule has 1 spiro atoms. The number of rotatable bonds is 5. The van der Waals surface area contributed by atoms with Crippen LogP contribution in [-0.2, 0) is 20.7 Å². The van der Waals surface area contributed by atoms with Gasteiger partial charge in [0.15, 0.2) is 0 Å². The molecule has 1 unspecified atom stereocenters. The molecule has 1 atom stereocenters. The third-order valence-corrected chi connectivity index (χ3v) is 5.17. The van der Waals surface area contributed by atoms with Gasteiger partial charge in [-0.2, -0.15) is 0 Å². The van der Waals surface area contributed by atoms with Crippen molar-refractivity contribution in [2.45, 2.75) is 32.1 Å². The van der Waals surface area contributed by atoms with Crippen molar-refractivity contribution in [2.24, 2.45) is 11.3 Å². The topological polar surface area (TPSA) is 67.4 Å². The number of benzene rings is 1. The van der Waals surface area contributed by atoms with Crippen LogP contribution in [0.15, 0.2) is 24.3 Å². The monoisotopic (exact) mass is 352 g/mol. The Hall–Kier alpha value is -1.59. The first kappa shape index (κ1) is 18.7. The largest absolute Gasteiger partial charge is 0.469 e. The van der Waals surface area contributed by atoms with Gasteiger partial charge in [0.2, 0.25) is 5.91 Å². The molecule has 1 amide bonds. The SMILES string of the molecule is COC(=O)CCc1ccc(NC(=O)C2CC23CCNCC3)cc1.Cl. The highest BCUT2D eigenvalue weighted by atomic mass is 35.5. The Labute approximate surface area is 148 Å². The summed E-state index contributed by atoms with van der Waals surface area (Å²) in [5.74, 6) is 0.112. The zero-order valence-electron chi connectivity index (χ0n) is 14.0. The first-order chi connectivity index (χ1) is 11.1. The molecular weight excluding hydrogens is 328 g/mol. The lowest BCUT2D eigenvalue weighted by Gasteiger charge is -2.23. The van der Waals surface area contributed by atoms with Gasteiger partial charge < -0.3 is 15.4 Å². The van der Waals surface area contributed by atoms with Gasteiger partial charge in [-0.3, -0.25) is 9.59 Å². The lowest BCUT2D eigenvalue weighted by Crippen LogP contribution is -2.31. The first-order valence-corrected chi connectivity index (χ1v) is 8.30. The van der Waals surface area contributed by atoms with Crippen LogP contribution in [0, 0.1) is 11.3 Å². The molecule has 1 saturated heterocycles. The average Bonchev–Trinajstić information content (AvgIpc) is 3.27. The van der Waals surface area contributed by atoms with Gasteiger partial charge >= 0.3 is 5.97 Å². The highest BCUT2D eigenvalue weighted by molar-refractivity contribution is 5.95. The van der Waals surface area contributed by atoms with E-state index in [0.717, 1.165) is 43.6 Å². The summed E-state index contributed by atoms with van der Waals surface area (Å²) in [4.78, 5) is 23.5. The van der Waals surface area contributed by atoms with Crippen molar-refractivity contribution in [1.82, 2.24) is 5.32 Å². The van der Waals surface area contributed by atoms with Crippen LogP contribution in [0.1, 0.15) is 31.2 Å². The van der Waals surface area contributed by atoms with E-state index >= 15 is 0 Å². The van der Waals surface area contributed by atoms with Crippen molar-refractivity contribution in [3.8, 4) is 0 Å². The number of piperidine rings is 1. The van der Waals surface area contributed by atoms with E-state index in [9.17, 15) is 9.59 Å². The molecule has 5 nitrogen and oxygen atoms in total. The zero-order chi connectivity index (χ0) is 16.3. The summed E-state index contributed by atoms with van der Waals surface area (Å²) in [5, 5.41) is 6.38. The Morgan fingerprint density at radius 1 is 1.25 bits per heavy atom. The number of halogens is 1. The minimum Gasteiger partial charge on any atom is -0.469 e. The predicted molar refractivity (Wildman–Crippen MR) is 95.3 cm³/mol. The van der Waals surface area contributed by atoms with Crippen LogP contribution in [0.25, 0.3) is 0 Å². The molecule has 1 aromatic rings. The number of hydrogen-bond acceptors (Lipinski definition) is 4. The van der Waals surface area contributed by atoms with Crippen LogP contribution in [-0.4, -0.2) is 32.1 Å². The fraction of sp³-hybridized carbons (Fsp3) is 0.556. The molecule has 2 aliphatic rings. The fourth-order valence-corrected chi connectivity index (χ4v) is 3.53. The van der Waals surface area contributed by atoms with E-state index in [2.05, 4.69) is 15.4 Å². The Morgan fingerprint density at radius 2 is 1.92 bits per heavy atom. The Morgan fingerprint density at radius 3 is 2.54 bits per heavy atom. The van der Waals surface area contributed by atoms with E-state index in [4.69, 9.17) is 0 Å². The molecule has 132 valence electrons. The summed E-state index contributed by atoms with van der Waals surface area (Å²) < 4.78 is 4.64. The number of methoxy groups -OCH3 is 1. The van der Waals surface area contributed by atoms with Crippen molar-refractivity contribution >= 4 is 30.0 Å². The molecule has 1 saturated carbocycles. The number of anilines is 1. The van der Waals surface area contributed by atoms with Crippen LogP contribution in [0.2, 0.25) is 0 Å². The van der Waals surface area contributed by atoms with Crippen LogP contribution >= 0.6 is 12.4 Å². The number of nitrogens with one attached hydrogen (secondary N) is 2. The quantitative estimate of drug-likeness (QED) is 0.799. The highest BCUT2D eigenvalue weighted by Crippen LogP contribution is 2.58. The summed E-state index contributed by atoms with van der Waals surface area (Å²) in [6.45, 7) is 2.05. The zero-order valence-corrected chi connectivity index (χ0v) is 14.8. The molecule has 1 aliphatic heterocycles. The number of hydrogen-bond donors (Lipinski definition) is 2. The van der Waals surface area contributed by atoms with E-state index in [0.29, 0.717) is 12.8 Å². The molecule has 6 heteroatoms. The summed E-state index contributed by atoms with van der Waals surface area (Å²) in [6, 6.07) is 7.71. The summed E-state index contributed by atoms with van der Waals surface area (Å²) >= 11 is 0. The molecule has 1 aliphatic carbocycles. The fourth-order valence-electron chi connectivity index (χ4n) is 3.53. The van der Waals surface area contributed by atoms with Gasteiger partial charge in [-0.1, -0.05) is 12.1 Å². The number of carbonyl (C=O) groups excluding carboxylic acids is 2. The average molecular weight is 353 g/mol. The van der Waals surface area contributed by atoms with Gasteiger partial charge in [0, 0.05) is 18.0 Å². The van der Waals surface area contributed by atoms with Crippen molar-refractivity contribution in [1.29, 1.82) is 0 Å². The van der Waals surface area contributed by atoms with E-state index < -0.39 is 0 Å². The molecule has 0 aromatic heterocycles. The summed E-state index contributed by atoms with van der Waals surface area (Å²) in [5.41, 5.74) is 2.15. The second kappa shape index (κ2) is 7.99. The van der Waals surface area contributed by atoms with Crippen molar-refractivity contribution in [3.63, 3.8) is 0 Å². The second-order valence-electron chi connectivity index (χ2n) is 6.63. The molecular formula is C18H25ClN2O3.